The first-order valence-electron chi connectivity index (χ1n) is 4.78. The summed E-state index contributed by atoms with van der Waals surface area (Å²) in [7, 11) is 1.90. The van der Waals surface area contributed by atoms with Crippen LogP contribution in [0.2, 0.25) is 0 Å². The highest BCUT2D eigenvalue weighted by Gasteiger charge is 2.10. The van der Waals surface area contributed by atoms with Gasteiger partial charge in [-0.1, -0.05) is 0 Å². The highest BCUT2D eigenvalue weighted by atomic mass is 79.9. The van der Waals surface area contributed by atoms with E-state index in [0.717, 1.165) is 20.2 Å². The summed E-state index contributed by atoms with van der Waals surface area (Å²) in [4.78, 5) is 8.26. The molecule has 90 valence electrons. The molecular weight excluding hydrogens is 304 g/mol. The first-order valence-corrected chi connectivity index (χ1v) is 6.38. The lowest BCUT2D eigenvalue weighted by molar-refractivity contribution is 0.692. The number of aryl methyl sites for hydroxylation is 2. The Morgan fingerprint density at radius 1 is 1.53 bits per heavy atom. The van der Waals surface area contributed by atoms with Gasteiger partial charge in [0.25, 0.3) is 0 Å². The van der Waals surface area contributed by atoms with Crippen LogP contribution in [0.25, 0.3) is 0 Å². The zero-order valence-electron chi connectivity index (χ0n) is 9.31. The molecule has 0 aliphatic heterocycles. The fourth-order valence-corrected chi connectivity index (χ4v) is 2.59. The second kappa shape index (κ2) is 5.03. The number of nitrogen functional groups attached to an aromatic ring is 1. The van der Waals surface area contributed by atoms with Crippen LogP contribution in [0.1, 0.15) is 5.69 Å². The average Bonchev–Trinajstić information content (AvgIpc) is 2.60. The molecule has 8 heteroatoms. The van der Waals surface area contributed by atoms with E-state index in [1.165, 1.54) is 11.8 Å². The van der Waals surface area contributed by atoms with E-state index in [4.69, 9.17) is 5.84 Å². The Morgan fingerprint density at radius 3 is 2.88 bits per heavy atom. The molecule has 0 radical (unpaired) electrons. The van der Waals surface area contributed by atoms with Crippen molar-refractivity contribution in [3.05, 3.63) is 22.4 Å². The van der Waals surface area contributed by atoms with Gasteiger partial charge in [-0.05, 0) is 40.7 Å². The molecule has 0 bridgehead atoms. The van der Waals surface area contributed by atoms with Gasteiger partial charge in [-0.2, -0.15) is 5.10 Å². The Hall–Kier alpha value is -1.12. The topological polar surface area (TPSA) is 81.6 Å². The van der Waals surface area contributed by atoms with Crippen molar-refractivity contribution in [3.8, 4) is 0 Å². The normalized spacial score (nSPS) is 10.6. The minimum absolute atomic E-state index is 0.384. The molecule has 0 amide bonds. The van der Waals surface area contributed by atoms with Crippen molar-refractivity contribution in [2.45, 2.75) is 17.0 Å². The van der Waals surface area contributed by atoms with Crippen LogP contribution in [0.4, 0.5) is 5.95 Å². The van der Waals surface area contributed by atoms with Crippen molar-refractivity contribution in [3.63, 3.8) is 0 Å². The van der Waals surface area contributed by atoms with Gasteiger partial charge in [0, 0.05) is 13.2 Å². The average molecular weight is 315 g/mol. The third-order valence-corrected chi connectivity index (χ3v) is 3.94. The Balaban J connectivity index is 2.32. The summed E-state index contributed by atoms with van der Waals surface area (Å²) >= 11 is 4.90. The van der Waals surface area contributed by atoms with Gasteiger partial charge in [-0.3, -0.25) is 10.1 Å². The second-order valence-electron chi connectivity index (χ2n) is 3.34. The third kappa shape index (κ3) is 2.76. The van der Waals surface area contributed by atoms with Gasteiger partial charge in [-0.15, -0.1) is 0 Å². The Bertz CT molecular complexity index is 540. The molecular formula is C9H11BrN6S. The third-order valence-electron chi connectivity index (χ3n) is 2.00. The number of hydrazine groups is 1. The van der Waals surface area contributed by atoms with E-state index in [1.54, 1.807) is 6.20 Å². The minimum atomic E-state index is 0.384. The smallest absolute Gasteiger partial charge is 0.238 e. The number of nitrogens with one attached hydrogen (secondary N) is 1. The first kappa shape index (κ1) is 12.3. The van der Waals surface area contributed by atoms with Crippen LogP contribution >= 0.6 is 27.7 Å². The summed E-state index contributed by atoms with van der Waals surface area (Å²) in [5.41, 5.74) is 3.39. The van der Waals surface area contributed by atoms with E-state index in [0.29, 0.717) is 5.95 Å². The summed E-state index contributed by atoms with van der Waals surface area (Å²) in [6.07, 6.45) is 1.66. The Morgan fingerprint density at radius 2 is 2.29 bits per heavy atom. The van der Waals surface area contributed by atoms with Crippen LogP contribution in [0, 0.1) is 6.92 Å². The Labute approximate surface area is 111 Å². The molecule has 0 aromatic carbocycles. The molecule has 0 saturated heterocycles. The summed E-state index contributed by atoms with van der Waals surface area (Å²) in [6, 6.07) is 1.99. The number of rotatable bonds is 3. The van der Waals surface area contributed by atoms with E-state index < -0.39 is 0 Å². The molecule has 0 spiro atoms. The number of aromatic nitrogens is 4. The van der Waals surface area contributed by atoms with Crippen LogP contribution in [-0.2, 0) is 7.05 Å². The molecule has 0 saturated carbocycles. The Kier molecular flexibility index (Phi) is 3.65. The lowest BCUT2D eigenvalue weighted by Crippen LogP contribution is -2.10. The number of hydrogen-bond donors (Lipinski definition) is 2. The van der Waals surface area contributed by atoms with Crippen molar-refractivity contribution < 1.29 is 0 Å². The van der Waals surface area contributed by atoms with Crippen molar-refractivity contribution in [1.29, 1.82) is 0 Å². The second-order valence-corrected chi connectivity index (χ2v) is 5.20. The summed E-state index contributed by atoms with van der Waals surface area (Å²) < 4.78 is 2.63. The van der Waals surface area contributed by atoms with Crippen molar-refractivity contribution in [2.24, 2.45) is 12.9 Å². The summed E-state index contributed by atoms with van der Waals surface area (Å²) in [5.74, 6) is 5.66. The van der Waals surface area contributed by atoms with Crippen molar-refractivity contribution in [2.75, 3.05) is 5.43 Å². The largest absolute Gasteiger partial charge is 0.292 e. The maximum atomic E-state index is 5.28. The molecule has 0 atom stereocenters. The van der Waals surface area contributed by atoms with Crippen LogP contribution in [0.15, 0.2) is 26.8 Å². The molecule has 0 aliphatic carbocycles. The zero-order chi connectivity index (χ0) is 12.4. The maximum Gasteiger partial charge on any atom is 0.238 e. The van der Waals surface area contributed by atoms with E-state index in [1.807, 2.05) is 24.7 Å². The number of nitrogens with two attached hydrogens (primary N) is 1. The predicted octanol–water partition coefficient (Wildman–Crippen LogP) is 1.72. The lowest BCUT2D eigenvalue weighted by Gasteiger charge is -2.05. The van der Waals surface area contributed by atoms with Crippen molar-refractivity contribution >= 4 is 33.6 Å². The summed E-state index contributed by atoms with van der Waals surface area (Å²) in [6.45, 7) is 1.95. The number of anilines is 1. The summed E-state index contributed by atoms with van der Waals surface area (Å²) in [5, 5.41) is 6.07. The van der Waals surface area contributed by atoms with Gasteiger partial charge in [0.15, 0.2) is 0 Å². The van der Waals surface area contributed by atoms with Gasteiger partial charge >= 0.3 is 0 Å². The van der Waals surface area contributed by atoms with Crippen LogP contribution in [0.3, 0.4) is 0 Å². The molecule has 2 rings (SSSR count). The highest BCUT2D eigenvalue weighted by molar-refractivity contribution is 9.10. The monoisotopic (exact) mass is 314 g/mol. The molecule has 3 N–H and O–H groups in total. The minimum Gasteiger partial charge on any atom is -0.292 e. The molecule has 0 unspecified atom stereocenters. The van der Waals surface area contributed by atoms with Gasteiger partial charge in [0.1, 0.15) is 10.1 Å². The standard InChI is InChI=1S/C9H11BrN6S/c1-5-3-7(16(2)15-5)17-8-6(10)4-12-9(13-8)14-11/h3-4H,11H2,1-2H3,(H,12,13,14). The van der Waals surface area contributed by atoms with E-state index in [9.17, 15) is 0 Å². The fourth-order valence-electron chi connectivity index (χ4n) is 1.27. The lowest BCUT2D eigenvalue weighted by atomic mass is 10.5. The van der Waals surface area contributed by atoms with Gasteiger partial charge in [0.2, 0.25) is 5.95 Å². The van der Waals surface area contributed by atoms with Gasteiger partial charge < -0.3 is 0 Å². The van der Waals surface area contributed by atoms with Crippen LogP contribution in [0.5, 0.6) is 0 Å². The van der Waals surface area contributed by atoms with Crippen LogP contribution < -0.4 is 11.3 Å². The highest BCUT2D eigenvalue weighted by Crippen LogP contribution is 2.31. The first-order chi connectivity index (χ1) is 8.10. The molecule has 2 aromatic rings. The predicted molar refractivity (Wildman–Crippen MR) is 69.6 cm³/mol. The molecule has 17 heavy (non-hydrogen) atoms. The fraction of sp³-hybridized carbons (Fsp3) is 0.222. The quantitative estimate of drug-likeness (QED) is 0.510. The molecule has 0 aliphatic rings. The van der Waals surface area contributed by atoms with E-state index >= 15 is 0 Å². The number of halogens is 1. The molecule has 2 aromatic heterocycles. The van der Waals surface area contributed by atoms with Gasteiger partial charge in [-0.25, -0.2) is 15.8 Å². The maximum absolute atomic E-state index is 5.28. The van der Waals surface area contributed by atoms with Crippen LogP contribution in [-0.4, -0.2) is 19.7 Å². The van der Waals surface area contributed by atoms with Gasteiger partial charge in [0.05, 0.1) is 10.2 Å². The van der Waals surface area contributed by atoms with E-state index in [-0.39, 0.29) is 0 Å². The number of nitrogens with zero attached hydrogens (tertiary/aromatic N) is 4. The SMILES string of the molecule is Cc1cc(Sc2nc(NN)ncc2Br)n(C)n1. The molecule has 0 fully saturated rings. The molecule has 6 nitrogen and oxygen atoms in total. The molecule has 2 heterocycles. The zero-order valence-corrected chi connectivity index (χ0v) is 11.7. The van der Waals surface area contributed by atoms with E-state index in [2.05, 4.69) is 36.4 Å². The number of hydrogen-bond acceptors (Lipinski definition) is 6. The van der Waals surface area contributed by atoms with Crippen molar-refractivity contribution in [1.82, 2.24) is 19.7 Å².